The van der Waals surface area contributed by atoms with Crippen LogP contribution in [0.3, 0.4) is 0 Å². The lowest BCUT2D eigenvalue weighted by Gasteiger charge is -2.35. The molecule has 2 rings (SSSR count). The van der Waals surface area contributed by atoms with Gasteiger partial charge in [-0.05, 0) is 24.0 Å². The fraction of sp³-hybridized carbons (Fsp3) is 0.588. The maximum Gasteiger partial charge on any atom is 0.224 e. The van der Waals surface area contributed by atoms with Crippen LogP contribution in [0, 0.1) is 5.41 Å². The van der Waals surface area contributed by atoms with E-state index in [1.165, 1.54) is 6.42 Å². The molecule has 1 aromatic carbocycles. The summed E-state index contributed by atoms with van der Waals surface area (Å²) in [7, 11) is 0. The van der Waals surface area contributed by atoms with Gasteiger partial charge in [0.05, 0.1) is 13.0 Å². The van der Waals surface area contributed by atoms with Gasteiger partial charge in [-0.2, -0.15) is 0 Å². The van der Waals surface area contributed by atoms with Crippen LogP contribution < -0.4 is 11.1 Å². The number of nitrogens with one attached hydrogen (secondary N) is 1. The van der Waals surface area contributed by atoms with Crippen molar-refractivity contribution in [3.8, 4) is 0 Å². The molecule has 116 valence electrons. The molecule has 1 aliphatic rings. The molecule has 4 heteroatoms. The van der Waals surface area contributed by atoms with Gasteiger partial charge in [-0.25, -0.2) is 0 Å². The summed E-state index contributed by atoms with van der Waals surface area (Å²) in [5, 5.41) is 12.7. The van der Waals surface area contributed by atoms with E-state index in [0.717, 1.165) is 36.8 Å². The van der Waals surface area contributed by atoms with E-state index in [0.29, 0.717) is 19.5 Å². The summed E-state index contributed by atoms with van der Waals surface area (Å²) in [6.45, 7) is 1.18. The second kappa shape index (κ2) is 7.57. The van der Waals surface area contributed by atoms with Crippen molar-refractivity contribution in [2.45, 2.75) is 45.1 Å². The molecule has 0 radical (unpaired) electrons. The molecule has 0 atom stereocenters. The molecule has 1 fully saturated rings. The van der Waals surface area contributed by atoms with Gasteiger partial charge in [0.1, 0.15) is 0 Å². The highest BCUT2D eigenvalue weighted by atomic mass is 16.3. The lowest BCUT2D eigenvalue weighted by molar-refractivity contribution is -0.121. The number of nitrogens with two attached hydrogens (primary N) is 1. The Labute approximate surface area is 126 Å². The minimum absolute atomic E-state index is 0.00861. The zero-order valence-corrected chi connectivity index (χ0v) is 12.6. The first-order valence-corrected chi connectivity index (χ1v) is 7.83. The van der Waals surface area contributed by atoms with Crippen molar-refractivity contribution in [3.63, 3.8) is 0 Å². The average Bonchev–Trinajstić information content (AvgIpc) is 2.54. The number of hydrogen-bond acceptors (Lipinski definition) is 3. The summed E-state index contributed by atoms with van der Waals surface area (Å²) in [6.07, 6.45) is 5.89. The first kappa shape index (κ1) is 16.0. The van der Waals surface area contributed by atoms with E-state index in [9.17, 15) is 9.90 Å². The first-order valence-electron chi connectivity index (χ1n) is 7.83. The lowest BCUT2D eigenvalue weighted by atomic mass is 9.74. The Morgan fingerprint density at radius 2 is 1.86 bits per heavy atom. The second-order valence-electron chi connectivity index (χ2n) is 6.15. The van der Waals surface area contributed by atoms with Crippen LogP contribution in [0.15, 0.2) is 24.3 Å². The first-order chi connectivity index (χ1) is 10.2. The van der Waals surface area contributed by atoms with Crippen molar-refractivity contribution in [1.29, 1.82) is 0 Å². The number of carbonyl (C=O) groups excluding carboxylic acids is 1. The molecule has 0 aliphatic heterocycles. The highest BCUT2D eigenvalue weighted by Crippen LogP contribution is 2.35. The van der Waals surface area contributed by atoms with Gasteiger partial charge in [-0.1, -0.05) is 43.5 Å². The Bertz CT molecular complexity index is 468. The van der Waals surface area contributed by atoms with Gasteiger partial charge in [0.2, 0.25) is 5.91 Å². The molecule has 0 bridgehead atoms. The molecular formula is C17H26N2O2. The number of aliphatic hydroxyl groups excluding tert-OH is 1. The number of aliphatic hydroxyl groups is 1. The standard InChI is InChI=1S/C17H26N2O2/c18-11-15-7-3-2-6-14(15)10-16(21)19-12-17(13-20)8-4-1-5-9-17/h2-3,6-7,20H,1,4-5,8-13,18H2,(H,19,21). The topological polar surface area (TPSA) is 75.4 Å². The Hall–Kier alpha value is -1.39. The SMILES string of the molecule is NCc1ccccc1CC(=O)NCC1(CO)CCCCC1. The molecule has 4 N–H and O–H groups in total. The van der Waals surface area contributed by atoms with Gasteiger partial charge in [0.25, 0.3) is 0 Å². The Morgan fingerprint density at radius 3 is 2.48 bits per heavy atom. The maximum atomic E-state index is 12.1. The van der Waals surface area contributed by atoms with Crippen molar-refractivity contribution in [3.05, 3.63) is 35.4 Å². The van der Waals surface area contributed by atoms with E-state index in [1.807, 2.05) is 24.3 Å². The van der Waals surface area contributed by atoms with E-state index in [-0.39, 0.29) is 17.9 Å². The second-order valence-corrected chi connectivity index (χ2v) is 6.15. The van der Waals surface area contributed by atoms with Crippen LogP contribution >= 0.6 is 0 Å². The summed E-state index contributed by atoms with van der Waals surface area (Å²) >= 11 is 0. The van der Waals surface area contributed by atoms with Crippen molar-refractivity contribution < 1.29 is 9.90 Å². The molecular weight excluding hydrogens is 264 g/mol. The van der Waals surface area contributed by atoms with Crippen LogP contribution in [0.25, 0.3) is 0 Å². The zero-order chi connectivity index (χ0) is 15.1. The maximum absolute atomic E-state index is 12.1. The van der Waals surface area contributed by atoms with E-state index in [4.69, 9.17) is 5.73 Å². The predicted octanol–water partition coefficient (Wildman–Crippen LogP) is 1.75. The molecule has 0 aromatic heterocycles. The highest BCUT2D eigenvalue weighted by Gasteiger charge is 2.31. The molecule has 0 heterocycles. The predicted molar refractivity (Wildman–Crippen MR) is 83.7 cm³/mol. The largest absolute Gasteiger partial charge is 0.396 e. The van der Waals surface area contributed by atoms with E-state index in [1.54, 1.807) is 0 Å². The molecule has 0 saturated heterocycles. The van der Waals surface area contributed by atoms with Gasteiger partial charge in [0, 0.05) is 18.5 Å². The summed E-state index contributed by atoms with van der Waals surface area (Å²) < 4.78 is 0. The molecule has 21 heavy (non-hydrogen) atoms. The van der Waals surface area contributed by atoms with Gasteiger partial charge >= 0.3 is 0 Å². The number of rotatable bonds is 6. The van der Waals surface area contributed by atoms with Gasteiger partial charge in [-0.15, -0.1) is 0 Å². The smallest absolute Gasteiger partial charge is 0.224 e. The molecule has 0 unspecified atom stereocenters. The third kappa shape index (κ3) is 4.29. The van der Waals surface area contributed by atoms with Gasteiger partial charge in [-0.3, -0.25) is 4.79 Å². The van der Waals surface area contributed by atoms with Crippen LogP contribution in [-0.2, 0) is 17.8 Å². The number of benzene rings is 1. The molecule has 1 saturated carbocycles. The van der Waals surface area contributed by atoms with E-state index >= 15 is 0 Å². The molecule has 1 amide bonds. The van der Waals surface area contributed by atoms with Crippen LogP contribution in [0.2, 0.25) is 0 Å². The van der Waals surface area contributed by atoms with Gasteiger partial charge < -0.3 is 16.2 Å². The fourth-order valence-electron chi connectivity index (χ4n) is 3.14. The quantitative estimate of drug-likeness (QED) is 0.747. The monoisotopic (exact) mass is 290 g/mol. The Balaban J connectivity index is 1.89. The minimum Gasteiger partial charge on any atom is -0.396 e. The Morgan fingerprint density at radius 1 is 1.19 bits per heavy atom. The average molecular weight is 290 g/mol. The minimum atomic E-state index is -0.110. The number of amides is 1. The number of hydrogen-bond donors (Lipinski definition) is 3. The summed E-state index contributed by atoms with van der Waals surface area (Å²) in [5.41, 5.74) is 7.59. The summed E-state index contributed by atoms with van der Waals surface area (Å²) in [6, 6.07) is 7.77. The van der Waals surface area contributed by atoms with Crippen LogP contribution in [0.5, 0.6) is 0 Å². The molecule has 0 spiro atoms. The van der Waals surface area contributed by atoms with E-state index < -0.39 is 0 Å². The molecule has 1 aliphatic carbocycles. The van der Waals surface area contributed by atoms with Crippen LogP contribution in [0.4, 0.5) is 0 Å². The van der Waals surface area contributed by atoms with E-state index in [2.05, 4.69) is 5.32 Å². The normalized spacial score (nSPS) is 17.4. The highest BCUT2D eigenvalue weighted by molar-refractivity contribution is 5.79. The molecule has 1 aromatic rings. The van der Waals surface area contributed by atoms with Crippen molar-refractivity contribution in [2.75, 3.05) is 13.2 Å². The Kier molecular flexibility index (Phi) is 5.76. The summed E-state index contributed by atoms with van der Waals surface area (Å²) in [4.78, 5) is 12.1. The zero-order valence-electron chi connectivity index (χ0n) is 12.6. The summed E-state index contributed by atoms with van der Waals surface area (Å²) in [5.74, 6) is 0.00861. The van der Waals surface area contributed by atoms with Crippen LogP contribution in [-0.4, -0.2) is 24.2 Å². The van der Waals surface area contributed by atoms with Crippen molar-refractivity contribution >= 4 is 5.91 Å². The third-order valence-corrected chi connectivity index (χ3v) is 4.60. The lowest BCUT2D eigenvalue weighted by Crippen LogP contribution is -2.42. The number of carbonyl (C=O) groups is 1. The van der Waals surface area contributed by atoms with Gasteiger partial charge in [0.15, 0.2) is 0 Å². The molecule has 4 nitrogen and oxygen atoms in total. The fourth-order valence-corrected chi connectivity index (χ4v) is 3.14. The van der Waals surface area contributed by atoms with Crippen LogP contribution in [0.1, 0.15) is 43.2 Å². The van der Waals surface area contributed by atoms with Crippen molar-refractivity contribution in [2.24, 2.45) is 11.1 Å². The third-order valence-electron chi connectivity index (χ3n) is 4.60. The van der Waals surface area contributed by atoms with Crippen molar-refractivity contribution in [1.82, 2.24) is 5.32 Å².